The number of halogens is 1. The molecule has 1 aromatic rings. The first-order chi connectivity index (χ1) is 13.5. The van der Waals surface area contributed by atoms with E-state index in [4.69, 9.17) is 23.1 Å². The molecule has 2 aliphatic rings. The normalized spacial score (nSPS) is 21.5. The van der Waals surface area contributed by atoms with Crippen LogP contribution in [0.4, 0.5) is 0 Å². The van der Waals surface area contributed by atoms with Crippen LogP contribution in [-0.2, 0) is 22.7 Å². The molecule has 154 valence electrons. The van der Waals surface area contributed by atoms with Crippen molar-refractivity contribution in [1.29, 1.82) is 0 Å². The van der Waals surface area contributed by atoms with Gasteiger partial charge in [0.1, 0.15) is 6.04 Å². The maximum absolute atomic E-state index is 13.0. The van der Waals surface area contributed by atoms with Gasteiger partial charge in [0, 0.05) is 24.7 Å². The summed E-state index contributed by atoms with van der Waals surface area (Å²) < 4.78 is 0. The monoisotopic (exact) mass is 406 g/mol. The number of nitrogens with zero attached hydrogens (tertiary/aromatic N) is 1. The van der Waals surface area contributed by atoms with Gasteiger partial charge in [-0.3, -0.25) is 9.59 Å². The van der Waals surface area contributed by atoms with E-state index < -0.39 is 12.1 Å². The Morgan fingerprint density at radius 2 is 1.89 bits per heavy atom. The minimum atomic E-state index is -0.495. The van der Waals surface area contributed by atoms with E-state index in [-0.39, 0.29) is 17.7 Å². The topological polar surface area (TPSA) is 101 Å². The van der Waals surface area contributed by atoms with Crippen molar-refractivity contribution in [2.75, 3.05) is 6.54 Å². The lowest BCUT2D eigenvalue weighted by Gasteiger charge is -2.32. The molecule has 2 atom stereocenters. The Bertz CT molecular complexity index is 706. The van der Waals surface area contributed by atoms with Crippen LogP contribution in [0.5, 0.6) is 0 Å². The second-order valence-electron chi connectivity index (χ2n) is 7.95. The van der Waals surface area contributed by atoms with Crippen LogP contribution in [0.15, 0.2) is 18.2 Å². The Morgan fingerprint density at radius 1 is 1.14 bits per heavy atom. The van der Waals surface area contributed by atoms with Gasteiger partial charge in [0.25, 0.3) is 0 Å². The zero-order chi connectivity index (χ0) is 20.1. The number of hydrogen-bond donors (Lipinski definition) is 3. The lowest BCUT2D eigenvalue weighted by atomic mass is 9.83. The molecule has 5 N–H and O–H groups in total. The van der Waals surface area contributed by atoms with Crippen molar-refractivity contribution in [1.82, 2.24) is 10.2 Å². The molecule has 0 aromatic heterocycles. The molecule has 0 bridgehead atoms. The first-order valence-electron chi connectivity index (χ1n) is 10.3. The van der Waals surface area contributed by atoms with Crippen molar-refractivity contribution in [3.63, 3.8) is 0 Å². The SMILES string of the molecule is NCc1ccc(Cl)cc1CNC(=O)[C@@H]1CCCN1C(=O)[C@@H](N)C1CCCCC1. The number of carbonyl (C=O) groups excluding carboxylic acids is 2. The minimum absolute atomic E-state index is 0.0741. The summed E-state index contributed by atoms with van der Waals surface area (Å²) in [5.74, 6) is 0.0312. The average molecular weight is 407 g/mol. The number of nitrogens with two attached hydrogens (primary N) is 2. The van der Waals surface area contributed by atoms with E-state index in [1.54, 1.807) is 11.0 Å². The van der Waals surface area contributed by atoms with Gasteiger partial charge < -0.3 is 21.7 Å². The molecular formula is C21H31ClN4O2. The van der Waals surface area contributed by atoms with Gasteiger partial charge in [-0.2, -0.15) is 0 Å². The third-order valence-corrected chi connectivity index (χ3v) is 6.36. The predicted molar refractivity (Wildman–Crippen MR) is 110 cm³/mol. The standard InChI is InChI=1S/C21H31ClN4O2/c22-17-9-8-15(12-23)16(11-17)13-25-20(27)18-7-4-10-26(18)21(28)19(24)14-5-2-1-3-6-14/h8-9,11,14,18-19H,1-7,10,12-13,23-24H2,(H,25,27)/t18-,19-/m0/s1. The fourth-order valence-electron chi connectivity index (χ4n) is 4.45. The summed E-state index contributed by atoms with van der Waals surface area (Å²) in [6.45, 7) is 1.33. The van der Waals surface area contributed by atoms with Crippen LogP contribution >= 0.6 is 11.6 Å². The lowest BCUT2D eigenvalue weighted by Crippen LogP contribution is -2.53. The van der Waals surface area contributed by atoms with Crippen LogP contribution in [0.3, 0.4) is 0 Å². The predicted octanol–water partition coefficient (Wildman–Crippen LogP) is 2.31. The van der Waals surface area contributed by atoms with Crippen molar-refractivity contribution in [2.24, 2.45) is 17.4 Å². The van der Waals surface area contributed by atoms with Gasteiger partial charge in [0.2, 0.25) is 11.8 Å². The molecule has 1 aliphatic carbocycles. The summed E-state index contributed by atoms with van der Waals surface area (Å²) in [4.78, 5) is 27.5. The van der Waals surface area contributed by atoms with Crippen molar-refractivity contribution in [3.8, 4) is 0 Å². The first kappa shape index (κ1) is 21.1. The fourth-order valence-corrected chi connectivity index (χ4v) is 4.64. The molecule has 1 aromatic carbocycles. The van der Waals surface area contributed by atoms with E-state index in [0.29, 0.717) is 31.1 Å². The number of nitrogens with one attached hydrogen (secondary N) is 1. The van der Waals surface area contributed by atoms with Crippen molar-refractivity contribution in [2.45, 2.75) is 70.1 Å². The van der Waals surface area contributed by atoms with E-state index in [9.17, 15) is 9.59 Å². The summed E-state index contributed by atoms with van der Waals surface area (Å²) >= 11 is 6.07. The van der Waals surface area contributed by atoms with Gasteiger partial charge in [-0.15, -0.1) is 0 Å². The molecular weight excluding hydrogens is 376 g/mol. The maximum atomic E-state index is 13.0. The quantitative estimate of drug-likeness (QED) is 0.674. The fraction of sp³-hybridized carbons (Fsp3) is 0.619. The van der Waals surface area contributed by atoms with Crippen LogP contribution in [0, 0.1) is 5.92 Å². The molecule has 0 radical (unpaired) electrons. The Kier molecular flexibility index (Phi) is 7.32. The second-order valence-corrected chi connectivity index (χ2v) is 8.38. The molecule has 0 unspecified atom stereocenters. The number of benzene rings is 1. The second kappa shape index (κ2) is 9.72. The van der Waals surface area contributed by atoms with E-state index in [1.807, 2.05) is 12.1 Å². The summed E-state index contributed by atoms with van der Waals surface area (Å²) in [5.41, 5.74) is 13.9. The van der Waals surface area contributed by atoms with E-state index in [2.05, 4.69) is 5.32 Å². The summed E-state index contributed by atoms with van der Waals surface area (Å²) in [7, 11) is 0. The minimum Gasteiger partial charge on any atom is -0.350 e. The van der Waals surface area contributed by atoms with Crippen molar-refractivity contribution < 1.29 is 9.59 Å². The van der Waals surface area contributed by atoms with Gasteiger partial charge in [-0.25, -0.2) is 0 Å². The molecule has 0 spiro atoms. The van der Waals surface area contributed by atoms with Gasteiger partial charge in [0.05, 0.1) is 6.04 Å². The Labute approximate surface area is 172 Å². The zero-order valence-electron chi connectivity index (χ0n) is 16.3. The molecule has 1 saturated carbocycles. The molecule has 7 heteroatoms. The number of likely N-dealkylation sites (tertiary alicyclic amines) is 1. The van der Waals surface area contributed by atoms with Crippen LogP contribution < -0.4 is 16.8 Å². The smallest absolute Gasteiger partial charge is 0.243 e. The molecule has 2 amide bonds. The van der Waals surface area contributed by atoms with Gasteiger partial charge >= 0.3 is 0 Å². The largest absolute Gasteiger partial charge is 0.350 e. The Morgan fingerprint density at radius 3 is 2.61 bits per heavy atom. The van der Waals surface area contributed by atoms with Crippen molar-refractivity contribution in [3.05, 3.63) is 34.3 Å². The number of rotatable bonds is 6. The Balaban J connectivity index is 1.61. The Hall–Kier alpha value is -1.63. The average Bonchev–Trinajstić information content (AvgIpc) is 3.21. The molecule has 1 aliphatic heterocycles. The van der Waals surface area contributed by atoms with E-state index in [0.717, 1.165) is 43.2 Å². The van der Waals surface area contributed by atoms with Crippen LogP contribution in [0.1, 0.15) is 56.1 Å². The molecule has 2 fully saturated rings. The number of carbonyl (C=O) groups is 2. The van der Waals surface area contributed by atoms with E-state index in [1.165, 1.54) is 6.42 Å². The highest BCUT2D eigenvalue weighted by molar-refractivity contribution is 6.30. The molecule has 6 nitrogen and oxygen atoms in total. The van der Waals surface area contributed by atoms with Crippen molar-refractivity contribution >= 4 is 23.4 Å². The highest BCUT2D eigenvalue weighted by Crippen LogP contribution is 2.28. The van der Waals surface area contributed by atoms with E-state index >= 15 is 0 Å². The molecule has 3 rings (SSSR count). The molecule has 28 heavy (non-hydrogen) atoms. The number of amides is 2. The summed E-state index contributed by atoms with van der Waals surface area (Å²) in [6.07, 6.45) is 7.01. The third kappa shape index (κ3) is 4.85. The van der Waals surface area contributed by atoms with Crippen LogP contribution in [0.25, 0.3) is 0 Å². The first-order valence-corrected chi connectivity index (χ1v) is 10.7. The lowest BCUT2D eigenvalue weighted by molar-refractivity contribution is -0.140. The highest BCUT2D eigenvalue weighted by Gasteiger charge is 2.38. The van der Waals surface area contributed by atoms with Gasteiger partial charge in [0.15, 0.2) is 0 Å². The van der Waals surface area contributed by atoms with Gasteiger partial charge in [-0.1, -0.05) is 36.9 Å². The summed E-state index contributed by atoms with van der Waals surface area (Å²) in [5, 5.41) is 3.57. The van der Waals surface area contributed by atoms with Crippen LogP contribution in [0.2, 0.25) is 5.02 Å². The zero-order valence-corrected chi connectivity index (χ0v) is 17.1. The maximum Gasteiger partial charge on any atom is 0.243 e. The third-order valence-electron chi connectivity index (χ3n) is 6.12. The highest BCUT2D eigenvalue weighted by atomic mass is 35.5. The molecule has 1 saturated heterocycles. The number of hydrogen-bond acceptors (Lipinski definition) is 4. The molecule has 1 heterocycles. The summed E-state index contributed by atoms with van der Waals surface area (Å²) in [6, 6.07) is 4.55. The van der Waals surface area contributed by atoms with Gasteiger partial charge in [-0.05, 0) is 54.9 Å². The van der Waals surface area contributed by atoms with Crippen LogP contribution in [-0.4, -0.2) is 35.3 Å².